The molecule has 9 heteroatoms. The third-order valence-electron chi connectivity index (χ3n) is 5.39. The second kappa shape index (κ2) is 10.6. The maximum atomic E-state index is 12.9. The number of nitriles is 1. The van der Waals surface area contributed by atoms with Gasteiger partial charge in [-0.25, -0.2) is 9.78 Å². The van der Waals surface area contributed by atoms with E-state index in [-0.39, 0.29) is 28.6 Å². The molecule has 0 spiro atoms. The second-order valence-corrected chi connectivity index (χ2v) is 9.25. The molecule has 4 rings (SSSR count). The molecule has 4 N–H and O–H groups in total. The summed E-state index contributed by atoms with van der Waals surface area (Å²) in [6, 6.07) is 16.5. The number of pyridine rings is 1. The largest absolute Gasteiger partial charge is 0.494 e. The highest BCUT2D eigenvalue weighted by atomic mass is 35.5. The number of ether oxygens (including phenoxy) is 2. The molecule has 0 amide bonds. The molecule has 0 aliphatic carbocycles. The van der Waals surface area contributed by atoms with Crippen LogP contribution in [0, 0.1) is 11.3 Å². The lowest BCUT2D eigenvalue weighted by Gasteiger charge is -2.11. The van der Waals surface area contributed by atoms with Crippen LogP contribution in [0.5, 0.6) is 5.75 Å². The minimum atomic E-state index is -0.580. The van der Waals surface area contributed by atoms with Gasteiger partial charge < -0.3 is 20.9 Å². The number of carbonyl (C=O) groups is 1. The van der Waals surface area contributed by atoms with Crippen LogP contribution in [0.1, 0.15) is 40.6 Å². The standard InChI is InChI=1S/C26H23ClN4O3S/c1-2-3-12-33-18-10-6-16(7-11-18)20-19(13-28)24(30)31-25-21(20)22(29)23(35-25)26(32)34-14-15-4-8-17(27)9-5-15/h4-11H,2-3,12,14,29H2,1H3,(H2,30,31). The molecule has 0 aliphatic rings. The molecule has 0 atom stereocenters. The van der Waals surface area contributed by atoms with Crippen molar-refractivity contribution in [2.75, 3.05) is 18.1 Å². The van der Waals surface area contributed by atoms with Crippen LogP contribution in [0.3, 0.4) is 0 Å². The first-order valence-corrected chi connectivity index (χ1v) is 12.2. The number of hydrogen-bond acceptors (Lipinski definition) is 8. The van der Waals surface area contributed by atoms with E-state index in [9.17, 15) is 10.1 Å². The van der Waals surface area contributed by atoms with E-state index in [1.165, 1.54) is 0 Å². The number of nitrogens with two attached hydrogens (primary N) is 2. The van der Waals surface area contributed by atoms with Gasteiger partial charge in [0, 0.05) is 16.0 Å². The summed E-state index contributed by atoms with van der Waals surface area (Å²) in [4.78, 5) is 17.9. The summed E-state index contributed by atoms with van der Waals surface area (Å²) in [5.41, 5.74) is 15.0. The number of thiophene rings is 1. The summed E-state index contributed by atoms with van der Waals surface area (Å²) in [5.74, 6) is 0.215. The van der Waals surface area contributed by atoms with Crippen molar-refractivity contribution in [1.82, 2.24) is 4.98 Å². The summed E-state index contributed by atoms with van der Waals surface area (Å²) in [6.45, 7) is 2.79. The fourth-order valence-electron chi connectivity index (χ4n) is 3.57. The van der Waals surface area contributed by atoms with Gasteiger partial charge >= 0.3 is 5.97 Å². The van der Waals surface area contributed by atoms with E-state index >= 15 is 0 Å². The number of fused-ring (bicyclic) bond motifs is 1. The van der Waals surface area contributed by atoms with E-state index in [1.807, 2.05) is 24.3 Å². The van der Waals surface area contributed by atoms with Crippen molar-refractivity contribution in [1.29, 1.82) is 5.26 Å². The lowest BCUT2D eigenvalue weighted by Crippen LogP contribution is -2.06. The number of esters is 1. The maximum Gasteiger partial charge on any atom is 0.350 e. The monoisotopic (exact) mass is 506 g/mol. The van der Waals surface area contributed by atoms with Crippen LogP contribution in [0.4, 0.5) is 11.5 Å². The van der Waals surface area contributed by atoms with Gasteiger partial charge in [0.1, 0.15) is 39.5 Å². The number of nitrogens with zero attached hydrogens (tertiary/aromatic N) is 2. The zero-order valence-corrected chi connectivity index (χ0v) is 20.6. The van der Waals surface area contributed by atoms with Crippen LogP contribution in [0.2, 0.25) is 5.02 Å². The average molecular weight is 507 g/mol. The third kappa shape index (κ3) is 5.16. The molecule has 35 heavy (non-hydrogen) atoms. The topological polar surface area (TPSA) is 124 Å². The van der Waals surface area contributed by atoms with Crippen molar-refractivity contribution in [3.05, 3.63) is 69.6 Å². The summed E-state index contributed by atoms with van der Waals surface area (Å²) in [7, 11) is 0. The lowest BCUT2D eigenvalue weighted by atomic mass is 9.97. The number of nitrogen functional groups attached to an aromatic ring is 2. The summed E-state index contributed by atoms with van der Waals surface area (Å²) >= 11 is 6.99. The average Bonchev–Trinajstić information content (AvgIpc) is 3.19. The van der Waals surface area contributed by atoms with Crippen LogP contribution < -0.4 is 16.2 Å². The molecule has 7 nitrogen and oxygen atoms in total. The molecule has 0 radical (unpaired) electrons. The van der Waals surface area contributed by atoms with Gasteiger partial charge in [-0.15, -0.1) is 11.3 Å². The van der Waals surface area contributed by atoms with Crippen molar-refractivity contribution < 1.29 is 14.3 Å². The quantitative estimate of drug-likeness (QED) is 0.215. The van der Waals surface area contributed by atoms with Crippen molar-refractivity contribution in [2.24, 2.45) is 0 Å². The number of rotatable bonds is 8. The number of aromatic nitrogens is 1. The molecule has 2 heterocycles. The molecule has 4 aromatic rings. The Bertz CT molecular complexity index is 1410. The zero-order valence-electron chi connectivity index (χ0n) is 19.0. The number of halogens is 1. The molecule has 178 valence electrons. The lowest BCUT2D eigenvalue weighted by molar-refractivity contribution is 0.0480. The van der Waals surface area contributed by atoms with Crippen molar-refractivity contribution in [3.63, 3.8) is 0 Å². The Morgan fingerprint density at radius 3 is 2.51 bits per heavy atom. The van der Waals surface area contributed by atoms with Gasteiger partial charge in [0.15, 0.2) is 0 Å². The van der Waals surface area contributed by atoms with Gasteiger partial charge in [0.05, 0.1) is 12.3 Å². The Hall–Kier alpha value is -3.80. The normalized spacial score (nSPS) is 10.8. The summed E-state index contributed by atoms with van der Waals surface area (Å²) in [6.07, 6.45) is 2.00. The Morgan fingerprint density at radius 2 is 1.86 bits per heavy atom. The van der Waals surface area contributed by atoms with Crippen molar-refractivity contribution in [2.45, 2.75) is 26.4 Å². The van der Waals surface area contributed by atoms with Crippen LogP contribution in [0.25, 0.3) is 21.3 Å². The van der Waals surface area contributed by atoms with E-state index < -0.39 is 5.97 Å². The maximum absolute atomic E-state index is 12.9. The fraction of sp³-hybridized carbons (Fsp3) is 0.192. The van der Waals surface area contributed by atoms with Crippen LogP contribution in [-0.4, -0.2) is 17.6 Å². The van der Waals surface area contributed by atoms with E-state index in [4.69, 9.17) is 32.5 Å². The summed E-state index contributed by atoms with van der Waals surface area (Å²) in [5, 5.41) is 10.9. The molecule has 0 saturated heterocycles. The van der Waals surface area contributed by atoms with Crippen molar-refractivity contribution in [3.8, 4) is 22.9 Å². The van der Waals surface area contributed by atoms with E-state index in [0.717, 1.165) is 35.5 Å². The molecule has 0 bridgehead atoms. The predicted octanol–water partition coefficient (Wildman–Crippen LogP) is 6.19. The molecule has 2 aromatic heterocycles. The van der Waals surface area contributed by atoms with E-state index in [1.54, 1.807) is 24.3 Å². The van der Waals surface area contributed by atoms with Crippen LogP contribution in [0.15, 0.2) is 48.5 Å². The van der Waals surface area contributed by atoms with E-state index in [0.29, 0.717) is 33.0 Å². The molecule has 2 aromatic carbocycles. The molecule has 0 unspecified atom stereocenters. The highest BCUT2D eigenvalue weighted by Crippen LogP contribution is 2.43. The van der Waals surface area contributed by atoms with Gasteiger partial charge in [0.2, 0.25) is 0 Å². The van der Waals surface area contributed by atoms with Gasteiger partial charge in [-0.3, -0.25) is 0 Å². The van der Waals surface area contributed by atoms with Gasteiger partial charge in [-0.05, 0) is 41.8 Å². The third-order valence-corrected chi connectivity index (χ3v) is 6.73. The molecular formula is C26H23ClN4O3S. The fourth-order valence-corrected chi connectivity index (χ4v) is 4.70. The second-order valence-electron chi connectivity index (χ2n) is 7.81. The molecule has 0 fully saturated rings. The molecule has 0 saturated carbocycles. The Balaban J connectivity index is 1.70. The highest BCUT2D eigenvalue weighted by Gasteiger charge is 2.25. The summed E-state index contributed by atoms with van der Waals surface area (Å²) < 4.78 is 11.2. The zero-order chi connectivity index (χ0) is 24.9. The predicted molar refractivity (Wildman–Crippen MR) is 140 cm³/mol. The Labute approximate surface area is 211 Å². The minimum Gasteiger partial charge on any atom is -0.494 e. The number of benzene rings is 2. The highest BCUT2D eigenvalue weighted by molar-refractivity contribution is 7.21. The first kappa shape index (κ1) is 24.3. The van der Waals surface area contributed by atoms with E-state index in [2.05, 4.69) is 18.0 Å². The molecule has 0 aliphatic heterocycles. The Morgan fingerprint density at radius 1 is 1.14 bits per heavy atom. The minimum absolute atomic E-state index is 0.0645. The first-order chi connectivity index (χ1) is 16.9. The SMILES string of the molecule is CCCCOc1ccc(-c2c(C#N)c(N)nc3sc(C(=O)OCc4ccc(Cl)cc4)c(N)c23)cc1. The smallest absolute Gasteiger partial charge is 0.350 e. The Kier molecular flexibility index (Phi) is 7.39. The van der Waals surface area contributed by atoms with Gasteiger partial charge in [-0.1, -0.05) is 49.2 Å². The number of carbonyl (C=O) groups excluding carboxylic acids is 1. The first-order valence-electron chi connectivity index (χ1n) is 11.0. The van der Waals surface area contributed by atoms with Gasteiger partial charge in [0.25, 0.3) is 0 Å². The molecular weight excluding hydrogens is 484 g/mol. The number of hydrogen-bond donors (Lipinski definition) is 2. The van der Waals surface area contributed by atoms with Crippen molar-refractivity contribution >= 4 is 50.6 Å². The van der Waals surface area contributed by atoms with Crippen LogP contribution >= 0.6 is 22.9 Å². The number of anilines is 2. The van der Waals surface area contributed by atoms with Crippen LogP contribution in [-0.2, 0) is 11.3 Å². The number of unbranched alkanes of at least 4 members (excludes halogenated alkanes) is 1. The van der Waals surface area contributed by atoms with Gasteiger partial charge in [-0.2, -0.15) is 5.26 Å².